The highest BCUT2D eigenvalue weighted by molar-refractivity contribution is 7.99. The Bertz CT molecular complexity index is 372. The molecule has 0 amide bonds. The van der Waals surface area contributed by atoms with Crippen LogP contribution in [0.3, 0.4) is 0 Å². The van der Waals surface area contributed by atoms with Crippen molar-refractivity contribution in [1.82, 2.24) is 0 Å². The number of aliphatic hydroxyl groups is 1. The van der Waals surface area contributed by atoms with E-state index >= 15 is 0 Å². The topological polar surface area (TPSA) is 46.2 Å². The second-order valence-electron chi connectivity index (χ2n) is 3.81. The lowest BCUT2D eigenvalue weighted by molar-refractivity contribution is 0.0224. The molecule has 0 radical (unpaired) electrons. The Morgan fingerprint density at radius 2 is 2.33 bits per heavy atom. The van der Waals surface area contributed by atoms with Crippen LogP contribution in [0.2, 0.25) is 0 Å². The molecule has 0 bridgehead atoms. The molecule has 1 aromatic carbocycles. The predicted molar refractivity (Wildman–Crippen MR) is 59.3 cm³/mol. The minimum Gasteiger partial charge on any atom is -0.385 e. The maximum absolute atomic E-state index is 13.1. The van der Waals surface area contributed by atoms with E-state index in [9.17, 15) is 9.50 Å². The zero-order chi connectivity index (χ0) is 10.9. The Hall–Kier alpha value is -0.580. The van der Waals surface area contributed by atoms with Crippen molar-refractivity contribution in [1.29, 1.82) is 0 Å². The molecule has 0 aliphatic carbocycles. The molecule has 1 heterocycles. The smallest absolute Gasteiger partial charge is 0.123 e. The molecule has 3 N–H and O–H groups in total. The summed E-state index contributed by atoms with van der Waals surface area (Å²) in [5.41, 5.74) is 5.24. The quantitative estimate of drug-likeness (QED) is 0.810. The third kappa shape index (κ3) is 2.02. The number of benzene rings is 1. The van der Waals surface area contributed by atoms with E-state index in [1.165, 1.54) is 12.1 Å². The lowest BCUT2D eigenvalue weighted by atomic mass is 9.87. The largest absolute Gasteiger partial charge is 0.385 e. The summed E-state index contributed by atoms with van der Waals surface area (Å²) in [4.78, 5) is 0.971. The average Bonchev–Trinajstić information content (AvgIpc) is 2.20. The summed E-state index contributed by atoms with van der Waals surface area (Å²) in [6.45, 7) is 0.414. The van der Waals surface area contributed by atoms with Crippen molar-refractivity contribution in [3.05, 3.63) is 29.6 Å². The third-order valence-corrected chi connectivity index (χ3v) is 3.85. The summed E-state index contributed by atoms with van der Waals surface area (Å²) in [5.74, 6) is 0.557. The average molecular weight is 227 g/mol. The minimum atomic E-state index is -0.933. The lowest BCUT2D eigenvalue weighted by Crippen LogP contribution is -2.32. The molecule has 1 aliphatic rings. The van der Waals surface area contributed by atoms with Crippen LogP contribution in [0, 0.1) is 5.82 Å². The first kappa shape index (κ1) is 10.9. The van der Waals surface area contributed by atoms with E-state index < -0.39 is 5.60 Å². The zero-order valence-corrected chi connectivity index (χ0v) is 9.19. The summed E-state index contributed by atoms with van der Waals surface area (Å²) < 4.78 is 13.1. The van der Waals surface area contributed by atoms with Crippen molar-refractivity contribution in [3.8, 4) is 0 Å². The van der Waals surface area contributed by atoms with Crippen molar-refractivity contribution in [2.24, 2.45) is 5.73 Å². The molecule has 0 aromatic heterocycles. The summed E-state index contributed by atoms with van der Waals surface area (Å²) >= 11 is 1.66. The van der Waals surface area contributed by atoms with Gasteiger partial charge in [-0.05, 0) is 37.6 Å². The van der Waals surface area contributed by atoms with Gasteiger partial charge in [-0.1, -0.05) is 0 Å². The Labute approximate surface area is 92.7 Å². The third-order valence-electron chi connectivity index (χ3n) is 2.77. The van der Waals surface area contributed by atoms with Gasteiger partial charge in [0.05, 0.1) is 5.60 Å². The highest BCUT2D eigenvalue weighted by Crippen LogP contribution is 2.42. The first-order valence-electron chi connectivity index (χ1n) is 5.01. The van der Waals surface area contributed by atoms with Crippen molar-refractivity contribution >= 4 is 11.8 Å². The van der Waals surface area contributed by atoms with Crippen LogP contribution < -0.4 is 5.73 Å². The van der Waals surface area contributed by atoms with E-state index in [-0.39, 0.29) is 5.82 Å². The number of hydrogen-bond acceptors (Lipinski definition) is 3. The summed E-state index contributed by atoms with van der Waals surface area (Å²) in [7, 11) is 0. The van der Waals surface area contributed by atoms with Gasteiger partial charge in [-0.2, -0.15) is 0 Å². The minimum absolute atomic E-state index is 0.299. The van der Waals surface area contributed by atoms with E-state index in [4.69, 9.17) is 5.73 Å². The molecule has 1 unspecified atom stereocenters. The lowest BCUT2D eigenvalue weighted by Gasteiger charge is -2.33. The number of nitrogens with two attached hydrogens (primary N) is 1. The monoisotopic (exact) mass is 227 g/mol. The molecule has 1 aliphatic heterocycles. The van der Waals surface area contributed by atoms with Crippen LogP contribution in [0.15, 0.2) is 23.1 Å². The van der Waals surface area contributed by atoms with Gasteiger partial charge >= 0.3 is 0 Å². The Kier molecular flexibility index (Phi) is 3.00. The van der Waals surface area contributed by atoms with Gasteiger partial charge in [-0.25, -0.2) is 4.39 Å². The molecule has 2 rings (SSSR count). The van der Waals surface area contributed by atoms with Crippen molar-refractivity contribution in [3.63, 3.8) is 0 Å². The predicted octanol–water partition coefficient (Wildman–Crippen LogP) is 1.86. The molecular formula is C11H14FNOS. The number of hydrogen-bond donors (Lipinski definition) is 2. The van der Waals surface area contributed by atoms with Gasteiger partial charge in [0, 0.05) is 16.2 Å². The van der Waals surface area contributed by atoms with Crippen LogP contribution in [0.25, 0.3) is 0 Å². The van der Waals surface area contributed by atoms with Crippen molar-refractivity contribution in [2.45, 2.75) is 23.3 Å². The maximum atomic E-state index is 13.1. The second-order valence-corrected chi connectivity index (χ2v) is 4.95. The van der Waals surface area contributed by atoms with E-state index in [1.807, 2.05) is 0 Å². The van der Waals surface area contributed by atoms with Gasteiger partial charge in [-0.15, -0.1) is 11.8 Å². The van der Waals surface area contributed by atoms with E-state index in [0.29, 0.717) is 24.9 Å². The van der Waals surface area contributed by atoms with Gasteiger partial charge in [0.25, 0.3) is 0 Å². The van der Waals surface area contributed by atoms with Crippen LogP contribution in [-0.2, 0) is 5.60 Å². The molecule has 4 heteroatoms. The highest BCUT2D eigenvalue weighted by atomic mass is 32.2. The van der Waals surface area contributed by atoms with Crippen LogP contribution in [-0.4, -0.2) is 17.4 Å². The maximum Gasteiger partial charge on any atom is 0.123 e. The molecule has 0 saturated heterocycles. The first-order valence-corrected chi connectivity index (χ1v) is 5.99. The summed E-state index contributed by atoms with van der Waals surface area (Å²) in [6, 6.07) is 4.59. The normalized spacial score (nSPS) is 25.0. The number of fused-ring (bicyclic) bond motifs is 1. The summed E-state index contributed by atoms with van der Waals surface area (Å²) in [5, 5.41) is 10.4. The molecule has 0 saturated carbocycles. The Morgan fingerprint density at radius 1 is 1.53 bits per heavy atom. The second kappa shape index (κ2) is 4.12. The fraction of sp³-hybridized carbons (Fsp3) is 0.455. The van der Waals surface area contributed by atoms with Crippen LogP contribution in [0.5, 0.6) is 0 Å². The van der Waals surface area contributed by atoms with Crippen molar-refractivity contribution in [2.75, 3.05) is 12.3 Å². The number of thioether (sulfide) groups is 1. The number of rotatable bonds is 2. The van der Waals surface area contributed by atoms with Crippen LogP contribution in [0.4, 0.5) is 4.39 Å². The van der Waals surface area contributed by atoms with E-state index in [0.717, 1.165) is 10.6 Å². The van der Waals surface area contributed by atoms with Gasteiger partial charge in [0.2, 0.25) is 0 Å². The Balaban J connectivity index is 2.44. The van der Waals surface area contributed by atoms with Gasteiger partial charge in [-0.3, -0.25) is 0 Å². The molecule has 0 spiro atoms. The molecular weight excluding hydrogens is 213 g/mol. The molecule has 0 fully saturated rings. The number of halogens is 1. The fourth-order valence-electron chi connectivity index (χ4n) is 1.95. The van der Waals surface area contributed by atoms with Crippen molar-refractivity contribution < 1.29 is 9.50 Å². The van der Waals surface area contributed by atoms with Crippen LogP contribution >= 0.6 is 11.8 Å². The summed E-state index contributed by atoms with van der Waals surface area (Å²) in [6.07, 6.45) is 1.13. The van der Waals surface area contributed by atoms with E-state index in [2.05, 4.69) is 0 Å². The first-order chi connectivity index (χ1) is 7.15. The molecule has 15 heavy (non-hydrogen) atoms. The van der Waals surface area contributed by atoms with Gasteiger partial charge < -0.3 is 10.8 Å². The molecule has 82 valence electrons. The Morgan fingerprint density at radius 3 is 3.07 bits per heavy atom. The standard InChI is InChI=1S/C11H14FNOS/c12-8-1-2-10-9(7-8)11(14,3-5-13)4-6-15-10/h1-2,7,14H,3-6,13H2. The fourth-order valence-corrected chi connectivity index (χ4v) is 3.18. The van der Waals surface area contributed by atoms with Crippen LogP contribution in [0.1, 0.15) is 18.4 Å². The molecule has 1 atom stereocenters. The highest BCUT2D eigenvalue weighted by Gasteiger charge is 2.34. The zero-order valence-electron chi connectivity index (χ0n) is 8.37. The molecule has 2 nitrogen and oxygen atoms in total. The SMILES string of the molecule is NCCC1(O)CCSc2ccc(F)cc21. The van der Waals surface area contributed by atoms with Gasteiger partial charge in [0.15, 0.2) is 0 Å². The molecule has 1 aromatic rings. The van der Waals surface area contributed by atoms with E-state index in [1.54, 1.807) is 17.8 Å². The van der Waals surface area contributed by atoms with Gasteiger partial charge in [0.1, 0.15) is 5.82 Å².